The molecule has 0 bridgehead atoms. The van der Waals surface area contributed by atoms with Gasteiger partial charge in [0.1, 0.15) is 11.5 Å². The van der Waals surface area contributed by atoms with Crippen molar-refractivity contribution in [1.29, 1.82) is 0 Å². The van der Waals surface area contributed by atoms with Crippen LogP contribution in [0.2, 0.25) is 0 Å². The molecular formula is C19H23N3O3. The van der Waals surface area contributed by atoms with E-state index in [0.717, 1.165) is 25.2 Å². The van der Waals surface area contributed by atoms with Gasteiger partial charge in [0.15, 0.2) is 0 Å². The Bertz CT molecular complexity index is 704. The molecule has 1 amide bonds. The van der Waals surface area contributed by atoms with Crippen molar-refractivity contribution in [1.82, 2.24) is 14.8 Å². The molecule has 2 unspecified atom stereocenters. The summed E-state index contributed by atoms with van der Waals surface area (Å²) in [4.78, 5) is 21.4. The Hall–Kier alpha value is -2.18. The van der Waals surface area contributed by atoms with Gasteiger partial charge < -0.3 is 14.1 Å². The predicted octanol–water partition coefficient (Wildman–Crippen LogP) is 2.18. The average Bonchev–Trinajstić information content (AvgIpc) is 3.29. The van der Waals surface area contributed by atoms with Gasteiger partial charge in [-0.15, -0.1) is 0 Å². The van der Waals surface area contributed by atoms with E-state index in [1.165, 1.54) is 0 Å². The van der Waals surface area contributed by atoms with E-state index in [0.29, 0.717) is 18.8 Å². The lowest BCUT2D eigenvalue weighted by Gasteiger charge is -2.34. The molecule has 0 N–H and O–H groups in total. The Labute approximate surface area is 147 Å². The number of aromatic nitrogens is 1. The molecule has 2 fully saturated rings. The summed E-state index contributed by atoms with van der Waals surface area (Å²) in [5, 5.41) is 0. The normalized spacial score (nSPS) is 26.0. The molecule has 0 saturated carbocycles. The molecule has 2 saturated heterocycles. The van der Waals surface area contributed by atoms with E-state index in [4.69, 9.17) is 9.15 Å². The van der Waals surface area contributed by atoms with Gasteiger partial charge in [0.2, 0.25) is 0 Å². The first-order valence-electron chi connectivity index (χ1n) is 8.80. The fourth-order valence-electron chi connectivity index (χ4n) is 3.95. The quantitative estimate of drug-likeness (QED) is 0.853. The maximum atomic E-state index is 13.0. The van der Waals surface area contributed by atoms with Crippen LogP contribution in [0, 0.1) is 0 Å². The maximum Gasteiger partial charge on any atom is 0.272 e. The topological polar surface area (TPSA) is 58.8 Å². The van der Waals surface area contributed by atoms with E-state index in [1.807, 2.05) is 29.2 Å². The number of fused-ring (bicyclic) bond motifs is 1. The highest BCUT2D eigenvalue weighted by Gasteiger charge is 2.47. The summed E-state index contributed by atoms with van der Waals surface area (Å²) in [6.07, 6.45) is 5.37. The van der Waals surface area contributed by atoms with Gasteiger partial charge in [0, 0.05) is 19.3 Å². The van der Waals surface area contributed by atoms with Crippen LogP contribution in [-0.2, 0) is 11.3 Å². The van der Waals surface area contributed by atoms with E-state index >= 15 is 0 Å². The van der Waals surface area contributed by atoms with Crippen LogP contribution in [0.1, 0.15) is 29.1 Å². The molecule has 2 aliphatic rings. The highest BCUT2D eigenvalue weighted by molar-refractivity contribution is 5.92. The number of hydrogen-bond donors (Lipinski definition) is 0. The zero-order valence-electron chi connectivity index (χ0n) is 14.4. The Balaban J connectivity index is 1.54. The van der Waals surface area contributed by atoms with Gasteiger partial charge in [-0.3, -0.25) is 14.7 Å². The average molecular weight is 341 g/mol. The molecule has 2 aromatic heterocycles. The molecule has 0 spiro atoms. The molecule has 4 heterocycles. The van der Waals surface area contributed by atoms with Gasteiger partial charge in [0.25, 0.3) is 5.91 Å². The van der Waals surface area contributed by atoms with Gasteiger partial charge in [0.05, 0.1) is 31.0 Å². The van der Waals surface area contributed by atoms with E-state index < -0.39 is 0 Å². The molecule has 6 heteroatoms. The minimum atomic E-state index is -0.00463. The first-order valence-corrected chi connectivity index (χ1v) is 8.80. The third kappa shape index (κ3) is 3.19. The second-order valence-corrected chi connectivity index (χ2v) is 6.78. The Morgan fingerprint density at radius 2 is 2.28 bits per heavy atom. The highest BCUT2D eigenvalue weighted by atomic mass is 16.5. The van der Waals surface area contributed by atoms with Crippen LogP contribution >= 0.6 is 0 Å². The minimum absolute atomic E-state index is 0.00463. The van der Waals surface area contributed by atoms with Crippen LogP contribution in [0.3, 0.4) is 0 Å². The van der Waals surface area contributed by atoms with Crippen LogP contribution in [0.25, 0.3) is 0 Å². The number of amides is 1. The number of carbonyl (C=O) groups is 1. The Kier molecular flexibility index (Phi) is 4.55. The zero-order valence-corrected chi connectivity index (χ0v) is 14.4. The van der Waals surface area contributed by atoms with Gasteiger partial charge in [-0.25, -0.2) is 0 Å². The van der Waals surface area contributed by atoms with Gasteiger partial charge in [-0.2, -0.15) is 0 Å². The number of rotatable bonds is 4. The number of carbonyl (C=O) groups excluding carboxylic acids is 1. The van der Waals surface area contributed by atoms with Crippen molar-refractivity contribution in [2.75, 3.05) is 20.2 Å². The lowest BCUT2D eigenvalue weighted by Crippen LogP contribution is -2.46. The number of hydrogen-bond acceptors (Lipinski definition) is 5. The van der Waals surface area contributed by atoms with Crippen molar-refractivity contribution >= 4 is 5.91 Å². The molecule has 2 aromatic rings. The summed E-state index contributed by atoms with van der Waals surface area (Å²) in [5.74, 6) is 0.916. The first kappa shape index (κ1) is 16.3. The molecule has 3 atom stereocenters. The maximum absolute atomic E-state index is 13.0. The van der Waals surface area contributed by atoms with Crippen molar-refractivity contribution in [2.45, 2.75) is 37.6 Å². The van der Waals surface area contributed by atoms with Gasteiger partial charge in [-0.05, 0) is 44.2 Å². The van der Waals surface area contributed by atoms with Crippen LogP contribution in [-0.4, -0.2) is 59.1 Å². The van der Waals surface area contributed by atoms with Crippen LogP contribution in [0.15, 0.2) is 47.2 Å². The molecule has 4 rings (SSSR count). The number of nitrogens with zero attached hydrogens (tertiary/aromatic N) is 3. The first-order chi connectivity index (χ1) is 12.2. The molecular weight excluding hydrogens is 318 g/mol. The van der Waals surface area contributed by atoms with Crippen molar-refractivity contribution in [3.63, 3.8) is 0 Å². The van der Waals surface area contributed by atoms with Crippen LogP contribution in [0.4, 0.5) is 0 Å². The fourth-order valence-corrected chi connectivity index (χ4v) is 3.95. The smallest absolute Gasteiger partial charge is 0.272 e. The summed E-state index contributed by atoms with van der Waals surface area (Å²) in [5.41, 5.74) is 0.501. The SMILES string of the molecule is CN(Cc1ccco1)[C@H]1CN(C(=O)c2ccccn2)C2CCCOC21. The van der Waals surface area contributed by atoms with Crippen LogP contribution < -0.4 is 0 Å². The summed E-state index contributed by atoms with van der Waals surface area (Å²) >= 11 is 0. The van der Waals surface area contributed by atoms with Crippen LogP contribution in [0.5, 0.6) is 0 Å². The van der Waals surface area contributed by atoms with E-state index in [9.17, 15) is 4.79 Å². The molecule has 132 valence electrons. The van der Waals surface area contributed by atoms with Crippen molar-refractivity contribution in [2.24, 2.45) is 0 Å². The number of likely N-dealkylation sites (tertiary alicyclic amines) is 1. The number of likely N-dealkylation sites (N-methyl/N-ethyl adjacent to an activating group) is 1. The highest BCUT2D eigenvalue weighted by Crippen LogP contribution is 2.32. The van der Waals surface area contributed by atoms with Gasteiger partial charge in [-0.1, -0.05) is 6.07 Å². The number of ether oxygens (including phenoxy) is 1. The molecule has 25 heavy (non-hydrogen) atoms. The molecule has 0 aliphatic carbocycles. The molecule has 2 aliphatic heterocycles. The molecule has 0 radical (unpaired) electrons. The standard InChI is InChI=1S/C19H23N3O3/c1-21(12-14-6-4-10-24-14)17-13-22(16-8-5-11-25-18(16)17)19(23)15-7-2-3-9-20-15/h2-4,6-7,9-10,16-18H,5,8,11-13H2,1H3/t16?,17-,18?/m0/s1. The van der Waals surface area contributed by atoms with E-state index in [-0.39, 0.29) is 24.1 Å². The lowest BCUT2D eigenvalue weighted by molar-refractivity contribution is -0.0364. The molecule has 6 nitrogen and oxygen atoms in total. The number of furan rings is 1. The second kappa shape index (κ2) is 6.98. The fraction of sp³-hybridized carbons (Fsp3) is 0.474. The summed E-state index contributed by atoms with van der Waals surface area (Å²) in [6, 6.07) is 9.60. The largest absolute Gasteiger partial charge is 0.468 e. The summed E-state index contributed by atoms with van der Waals surface area (Å²) in [6.45, 7) is 2.12. The second-order valence-electron chi connectivity index (χ2n) is 6.78. The minimum Gasteiger partial charge on any atom is -0.468 e. The van der Waals surface area contributed by atoms with Gasteiger partial charge >= 0.3 is 0 Å². The van der Waals surface area contributed by atoms with Crippen molar-refractivity contribution in [3.8, 4) is 0 Å². The lowest BCUT2D eigenvalue weighted by atomic mass is 10.00. The Morgan fingerprint density at radius 1 is 1.36 bits per heavy atom. The summed E-state index contributed by atoms with van der Waals surface area (Å²) in [7, 11) is 2.07. The number of pyridine rings is 1. The monoisotopic (exact) mass is 341 g/mol. The van der Waals surface area contributed by atoms with Crippen molar-refractivity contribution in [3.05, 3.63) is 54.2 Å². The third-order valence-electron chi connectivity index (χ3n) is 5.19. The summed E-state index contributed by atoms with van der Waals surface area (Å²) < 4.78 is 11.6. The van der Waals surface area contributed by atoms with E-state index in [2.05, 4.69) is 16.9 Å². The third-order valence-corrected chi connectivity index (χ3v) is 5.19. The Morgan fingerprint density at radius 3 is 3.04 bits per heavy atom. The van der Waals surface area contributed by atoms with E-state index in [1.54, 1.807) is 18.5 Å². The molecule has 0 aromatic carbocycles. The van der Waals surface area contributed by atoms with Crippen molar-refractivity contribution < 1.29 is 13.9 Å². The predicted molar refractivity (Wildman–Crippen MR) is 92.0 cm³/mol. The zero-order chi connectivity index (χ0) is 17.2.